The van der Waals surface area contributed by atoms with Gasteiger partial charge in [0.2, 0.25) is 0 Å². The lowest BCUT2D eigenvalue weighted by Crippen LogP contribution is -1.98. The Labute approximate surface area is 151 Å². The van der Waals surface area contributed by atoms with E-state index in [1.54, 1.807) is 18.2 Å². The molecule has 0 fully saturated rings. The van der Waals surface area contributed by atoms with E-state index < -0.39 is 21.5 Å². The Hall–Kier alpha value is -2.66. The van der Waals surface area contributed by atoms with Crippen molar-refractivity contribution in [1.82, 2.24) is 0 Å². The molecule has 0 spiro atoms. The van der Waals surface area contributed by atoms with Gasteiger partial charge in [0.05, 0.1) is 10.6 Å². The molecule has 0 aliphatic heterocycles. The van der Waals surface area contributed by atoms with E-state index in [0.29, 0.717) is 11.1 Å². The second-order valence-electron chi connectivity index (χ2n) is 5.09. The van der Waals surface area contributed by atoms with Gasteiger partial charge in [0.15, 0.2) is 5.75 Å². The fourth-order valence-corrected chi connectivity index (χ4v) is 3.03. The molecule has 0 aliphatic carbocycles. The molecule has 134 valence electrons. The van der Waals surface area contributed by atoms with Gasteiger partial charge >= 0.3 is 0 Å². The van der Waals surface area contributed by atoms with Crippen LogP contribution in [-0.2, 0) is 21.5 Å². The Morgan fingerprint density at radius 3 is 2.31 bits per heavy atom. The third-order valence-electron chi connectivity index (χ3n) is 3.42. The zero-order chi connectivity index (χ0) is 18.7. The van der Waals surface area contributed by atoms with Gasteiger partial charge in [0.25, 0.3) is 10.1 Å². The Morgan fingerprint density at radius 2 is 1.65 bits per heavy atom. The van der Waals surface area contributed by atoms with Gasteiger partial charge in [-0.3, -0.25) is 4.55 Å². The van der Waals surface area contributed by atoms with Crippen molar-refractivity contribution in [2.24, 2.45) is 10.2 Å². The molecule has 0 heterocycles. The summed E-state index contributed by atoms with van der Waals surface area (Å²) < 4.78 is 57.6. The van der Waals surface area contributed by atoms with Crippen LogP contribution in [0, 0.1) is 0 Å². The molecule has 0 bridgehead atoms. The number of hydrogen-bond donors (Lipinski definition) is 1. The van der Waals surface area contributed by atoms with Crippen LogP contribution in [0.3, 0.4) is 0 Å². The summed E-state index contributed by atoms with van der Waals surface area (Å²) in [5, 5.41) is 9.49. The first-order valence-corrected chi connectivity index (χ1v) is 9.57. The number of fused-ring (bicyclic) bond motifs is 1. The molecule has 10 heteroatoms. The first-order valence-electron chi connectivity index (χ1n) is 7.13. The summed E-state index contributed by atoms with van der Waals surface area (Å²) in [4.78, 5) is -0.271. The Bertz CT molecular complexity index is 1110. The molecular weight excluding hydrogens is 380 g/mol. The quantitative estimate of drug-likeness (QED) is 0.401. The van der Waals surface area contributed by atoms with E-state index >= 15 is 0 Å². The van der Waals surface area contributed by atoms with Gasteiger partial charge in [-0.05, 0) is 35.7 Å². The number of hydrogen-bond acceptors (Lipinski definition) is 7. The second-order valence-corrected chi connectivity index (χ2v) is 7.09. The lowest BCUT2D eigenvalue weighted by molar-refractivity contribution is 0.441. The highest BCUT2D eigenvalue weighted by molar-refractivity contribution is 7.85. The summed E-state index contributed by atoms with van der Waals surface area (Å²) in [7, 11) is -4.30. The minimum absolute atomic E-state index is 0.00957. The Balaban J connectivity index is 2.03. The van der Waals surface area contributed by atoms with Crippen LogP contribution < -0.4 is 4.18 Å². The fourth-order valence-electron chi connectivity index (χ4n) is 2.27. The molecule has 0 saturated heterocycles. The fraction of sp³-hybridized carbons (Fsp3) is 0. The van der Waals surface area contributed by atoms with Gasteiger partial charge < -0.3 is 8.74 Å². The molecule has 3 aromatic carbocycles. The van der Waals surface area contributed by atoms with Crippen molar-refractivity contribution in [3.05, 3.63) is 60.7 Å². The molecular formula is C16H11N2O6S2-. The molecule has 0 aromatic heterocycles. The molecule has 26 heavy (non-hydrogen) atoms. The minimum atomic E-state index is -4.30. The van der Waals surface area contributed by atoms with Crippen LogP contribution in [0.5, 0.6) is 5.75 Å². The highest BCUT2D eigenvalue weighted by atomic mass is 32.2. The van der Waals surface area contributed by atoms with Crippen LogP contribution in [-0.4, -0.2) is 21.7 Å². The van der Waals surface area contributed by atoms with Crippen molar-refractivity contribution in [3.63, 3.8) is 0 Å². The van der Waals surface area contributed by atoms with Crippen LogP contribution in [0.25, 0.3) is 10.8 Å². The van der Waals surface area contributed by atoms with Crippen LogP contribution in [0.2, 0.25) is 0 Å². The maximum absolute atomic E-state index is 11.0. The van der Waals surface area contributed by atoms with Crippen LogP contribution in [0.1, 0.15) is 0 Å². The van der Waals surface area contributed by atoms with Crippen molar-refractivity contribution in [3.8, 4) is 5.75 Å². The largest absolute Gasteiger partial charge is 0.740 e. The van der Waals surface area contributed by atoms with E-state index in [4.69, 9.17) is 8.74 Å². The van der Waals surface area contributed by atoms with Crippen LogP contribution in [0.4, 0.5) is 11.4 Å². The van der Waals surface area contributed by atoms with E-state index in [9.17, 15) is 17.2 Å². The molecule has 0 amide bonds. The Morgan fingerprint density at radius 1 is 0.962 bits per heavy atom. The van der Waals surface area contributed by atoms with Crippen molar-refractivity contribution in [1.29, 1.82) is 0 Å². The predicted octanol–water partition coefficient (Wildman–Crippen LogP) is 3.67. The van der Waals surface area contributed by atoms with Gasteiger partial charge in [-0.15, -0.1) is 5.11 Å². The van der Waals surface area contributed by atoms with Gasteiger partial charge in [-0.1, -0.05) is 30.3 Å². The highest BCUT2D eigenvalue weighted by Crippen LogP contribution is 2.37. The van der Waals surface area contributed by atoms with Gasteiger partial charge in [0.1, 0.15) is 17.0 Å². The number of benzene rings is 3. The van der Waals surface area contributed by atoms with Gasteiger partial charge in [0, 0.05) is 5.39 Å². The molecule has 3 aromatic rings. The summed E-state index contributed by atoms with van der Waals surface area (Å²) in [6, 6.07) is 15.4. The summed E-state index contributed by atoms with van der Waals surface area (Å²) in [6.45, 7) is 0. The SMILES string of the molecule is O=S([O-])Oc1ccc2ccccc2c1N=Nc1ccc(S(=O)(=O)O)cc1. The second kappa shape index (κ2) is 7.30. The Kier molecular flexibility index (Phi) is 5.09. The molecule has 3 rings (SSSR count). The summed E-state index contributed by atoms with van der Waals surface area (Å²) in [5.74, 6) is 0.00957. The average Bonchev–Trinajstić information content (AvgIpc) is 2.60. The summed E-state index contributed by atoms with van der Waals surface area (Å²) >= 11 is -2.78. The van der Waals surface area contributed by atoms with Crippen molar-refractivity contribution >= 4 is 43.6 Å². The van der Waals surface area contributed by atoms with E-state index in [-0.39, 0.29) is 16.3 Å². The lowest BCUT2D eigenvalue weighted by Gasteiger charge is -2.11. The third-order valence-corrected chi connectivity index (χ3v) is 4.60. The first-order chi connectivity index (χ1) is 12.3. The molecule has 0 saturated carbocycles. The molecule has 8 nitrogen and oxygen atoms in total. The zero-order valence-corrected chi connectivity index (χ0v) is 14.6. The lowest BCUT2D eigenvalue weighted by atomic mass is 10.1. The molecule has 0 radical (unpaired) electrons. The molecule has 0 aliphatic rings. The molecule has 1 unspecified atom stereocenters. The number of azo groups is 1. The zero-order valence-electron chi connectivity index (χ0n) is 13.0. The van der Waals surface area contributed by atoms with Gasteiger partial charge in [-0.2, -0.15) is 13.5 Å². The number of rotatable bonds is 5. The average molecular weight is 391 g/mol. The minimum Gasteiger partial charge on any atom is -0.740 e. The standard InChI is InChI=1S/C16H12N2O6S2/c19-25(20)24-15-10-5-11-3-1-2-4-14(11)16(15)18-17-12-6-8-13(9-7-12)26(21,22)23/h1-10H,(H,19,20)(H,21,22,23)/p-1. The molecule has 1 N–H and O–H groups in total. The normalized spacial score (nSPS) is 13.2. The van der Waals surface area contributed by atoms with E-state index in [2.05, 4.69) is 10.2 Å². The van der Waals surface area contributed by atoms with Crippen molar-refractivity contribution in [2.75, 3.05) is 0 Å². The van der Waals surface area contributed by atoms with E-state index in [1.165, 1.54) is 30.3 Å². The smallest absolute Gasteiger partial charge is 0.294 e. The van der Waals surface area contributed by atoms with Crippen LogP contribution in [0.15, 0.2) is 75.8 Å². The topological polar surface area (TPSA) is 128 Å². The third kappa shape index (κ3) is 4.11. The van der Waals surface area contributed by atoms with Gasteiger partial charge in [-0.25, -0.2) is 4.21 Å². The maximum Gasteiger partial charge on any atom is 0.294 e. The highest BCUT2D eigenvalue weighted by Gasteiger charge is 2.10. The van der Waals surface area contributed by atoms with E-state index in [0.717, 1.165) is 5.39 Å². The number of nitrogens with zero attached hydrogens (tertiary/aromatic N) is 2. The maximum atomic E-state index is 11.0. The summed E-state index contributed by atoms with van der Waals surface area (Å²) in [6.07, 6.45) is 0. The first kappa shape index (κ1) is 18.1. The van der Waals surface area contributed by atoms with Crippen molar-refractivity contribution < 1.29 is 25.9 Å². The summed E-state index contributed by atoms with van der Waals surface area (Å²) in [5.41, 5.74) is 0.519. The van der Waals surface area contributed by atoms with Crippen molar-refractivity contribution in [2.45, 2.75) is 4.90 Å². The van der Waals surface area contributed by atoms with E-state index in [1.807, 2.05) is 12.1 Å². The monoisotopic (exact) mass is 391 g/mol. The van der Waals surface area contributed by atoms with Crippen LogP contribution >= 0.6 is 0 Å². The predicted molar refractivity (Wildman–Crippen MR) is 93.9 cm³/mol. The molecule has 1 atom stereocenters.